The molecule has 0 aliphatic rings. The highest BCUT2D eigenvalue weighted by Gasteiger charge is 1.97. The predicted molar refractivity (Wildman–Crippen MR) is 53.1 cm³/mol. The summed E-state index contributed by atoms with van der Waals surface area (Å²) < 4.78 is 4.96. The number of methoxy groups -OCH3 is 1. The summed E-state index contributed by atoms with van der Waals surface area (Å²) in [6.07, 6.45) is 2.68. The van der Waals surface area contributed by atoms with Crippen LogP contribution in [0.3, 0.4) is 0 Å². The topological polar surface area (TPSA) is 39.2 Å². The molecule has 0 amide bonds. The van der Waals surface area contributed by atoms with Crippen molar-refractivity contribution >= 4 is 6.29 Å². The zero-order valence-electron chi connectivity index (χ0n) is 8.20. The average molecular weight is 189 g/mol. The highest BCUT2D eigenvalue weighted by molar-refractivity contribution is 5.55. The highest BCUT2D eigenvalue weighted by atomic mass is 16.5. The lowest BCUT2D eigenvalue weighted by molar-refractivity contribution is -0.107. The Morgan fingerprint density at radius 3 is 3.00 bits per heavy atom. The number of hydrogen-bond acceptors (Lipinski definition) is 3. The number of aldehydes is 1. The van der Waals surface area contributed by atoms with Gasteiger partial charge in [0.05, 0.1) is 13.5 Å². The van der Waals surface area contributed by atoms with Crippen LogP contribution in [0.2, 0.25) is 0 Å². The van der Waals surface area contributed by atoms with Crippen LogP contribution in [0.5, 0.6) is 5.88 Å². The standard InChI is InChI=1S/C11H11NO2/c1-9-7-11(14-2)12-8-10(9)5-3-4-6-13/h6-8H,4H2,1-2H3. The van der Waals surface area contributed by atoms with E-state index in [1.54, 1.807) is 13.3 Å². The number of rotatable bonds is 2. The molecule has 0 saturated heterocycles. The lowest BCUT2D eigenvalue weighted by Gasteiger charge is -2.00. The van der Waals surface area contributed by atoms with Crippen molar-refractivity contribution in [2.24, 2.45) is 0 Å². The average Bonchev–Trinajstić information content (AvgIpc) is 2.20. The van der Waals surface area contributed by atoms with Crippen LogP contribution in [0, 0.1) is 18.8 Å². The maximum Gasteiger partial charge on any atom is 0.213 e. The quantitative estimate of drug-likeness (QED) is 0.520. The molecule has 0 aliphatic carbocycles. The minimum Gasteiger partial charge on any atom is -0.481 e. The van der Waals surface area contributed by atoms with Crippen molar-refractivity contribution in [3.05, 3.63) is 23.4 Å². The van der Waals surface area contributed by atoms with E-state index in [1.165, 1.54) is 0 Å². The second-order valence-corrected chi connectivity index (χ2v) is 2.71. The molecular weight excluding hydrogens is 178 g/mol. The van der Waals surface area contributed by atoms with Gasteiger partial charge in [-0.05, 0) is 12.5 Å². The van der Waals surface area contributed by atoms with Crippen molar-refractivity contribution in [2.45, 2.75) is 13.3 Å². The smallest absolute Gasteiger partial charge is 0.213 e. The summed E-state index contributed by atoms with van der Waals surface area (Å²) in [5, 5.41) is 0. The summed E-state index contributed by atoms with van der Waals surface area (Å²) in [5.41, 5.74) is 1.82. The van der Waals surface area contributed by atoms with Crippen LogP contribution in [-0.2, 0) is 4.79 Å². The van der Waals surface area contributed by atoms with Gasteiger partial charge >= 0.3 is 0 Å². The van der Waals surface area contributed by atoms with Gasteiger partial charge in [0.1, 0.15) is 6.29 Å². The summed E-state index contributed by atoms with van der Waals surface area (Å²) in [5.74, 6) is 6.17. The minimum absolute atomic E-state index is 0.255. The molecule has 1 aromatic heterocycles. The van der Waals surface area contributed by atoms with Gasteiger partial charge < -0.3 is 9.53 Å². The molecule has 1 heterocycles. The molecule has 1 aromatic rings. The van der Waals surface area contributed by atoms with Crippen molar-refractivity contribution in [3.8, 4) is 17.7 Å². The number of aromatic nitrogens is 1. The van der Waals surface area contributed by atoms with E-state index in [2.05, 4.69) is 16.8 Å². The Morgan fingerprint density at radius 2 is 2.43 bits per heavy atom. The molecule has 0 bridgehead atoms. The molecule has 0 atom stereocenters. The molecular formula is C11H11NO2. The Labute approximate surface area is 83.1 Å². The van der Waals surface area contributed by atoms with Gasteiger partial charge in [-0.25, -0.2) is 4.98 Å². The zero-order chi connectivity index (χ0) is 10.4. The van der Waals surface area contributed by atoms with Crippen molar-refractivity contribution in [1.82, 2.24) is 4.98 Å². The third-order valence-corrected chi connectivity index (χ3v) is 1.70. The molecule has 0 N–H and O–H groups in total. The van der Waals surface area contributed by atoms with Crippen LogP contribution in [0.1, 0.15) is 17.5 Å². The van der Waals surface area contributed by atoms with Crippen LogP contribution in [0.25, 0.3) is 0 Å². The van der Waals surface area contributed by atoms with Crippen LogP contribution in [0.15, 0.2) is 12.3 Å². The molecule has 0 fully saturated rings. The molecule has 3 nitrogen and oxygen atoms in total. The van der Waals surface area contributed by atoms with E-state index < -0.39 is 0 Å². The number of pyridine rings is 1. The Morgan fingerprint density at radius 1 is 1.64 bits per heavy atom. The number of carbonyl (C=O) groups excluding carboxylic acids is 1. The second-order valence-electron chi connectivity index (χ2n) is 2.71. The Hall–Kier alpha value is -1.82. The number of hydrogen-bond donors (Lipinski definition) is 0. The molecule has 72 valence electrons. The number of carbonyl (C=O) groups is 1. The van der Waals surface area contributed by atoms with Crippen LogP contribution in [-0.4, -0.2) is 18.4 Å². The largest absolute Gasteiger partial charge is 0.481 e. The maximum atomic E-state index is 10.0. The molecule has 0 unspecified atom stereocenters. The summed E-state index contributed by atoms with van der Waals surface area (Å²) in [4.78, 5) is 14.1. The SMILES string of the molecule is COc1cc(C)c(C#CCC=O)cn1. The van der Waals surface area contributed by atoms with Gasteiger partial charge in [0, 0.05) is 17.8 Å². The monoisotopic (exact) mass is 189 g/mol. The first-order valence-corrected chi connectivity index (χ1v) is 4.21. The fourth-order valence-corrected chi connectivity index (χ4v) is 0.961. The first-order chi connectivity index (χ1) is 6.77. The summed E-state index contributed by atoms with van der Waals surface area (Å²) in [6.45, 7) is 1.93. The normalized spacial score (nSPS) is 8.71. The minimum atomic E-state index is 0.255. The van der Waals surface area contributed by atoms with Crippen LogP contribution in [0.4, 0.5) is 0 Å². The first-order valence-electron chi connectivity index (χ1n) is 4.21. The van der Waals surface area contributed by atoms with Crippen LogP contribution < -0.4 is 4.74 Å². The van der Waals surface area contributed by atoms with E-state index in [4.69, 9.17) is 4.74 Å². The second kappa shape index (κ2) is 5.03. The molecule has 3 heteroatoms. The van der Waals surface area contributed by atoms with E-state index in [1.807, 2.05) is 13.0 Å². The van der Waals surface area contributed by atoms with Gasteiger partial charge in [-0.1, -0.05) is 11.8 Å². The van der Waals surface area contributed by atoms with Gasteiger partial charge in [-0.15, -0.1) is 0 Å². The molecule has 14 heavy (non-hydrogen) atoms. The molecule has 0 spiro atoms. The van der Waals surface area contributed by atoms with Crippen molar-refractivity contribution in [3.63, 3.8) is 0 Å². The molecule has 0 aliphatic heterocycles. The third-order valence-electron chi connectivity index (χ3n) is 1.70. The number of ether oxygens (including phenoxy) is 1. The predicted octanol–water partition coefficient (Wildman–Crippen LogP) is 1.34. The zero-order valence-corrected chi connectivity index (χ0v) is 8.20. The number of nitrogens with zero attached hydrogens (tertiary/aromatic N) is 1. The molecule has 0 aromatic carbocycles. The van der Waals surface area contributed by atoms with E-state index >= 15 is 0 Å². The Balaban J connectivity index is 2.90. The van der Waals surface area contributed by atoms with Gasteiger partial charge in [-0.3, -0.25) is 0 Å². The van der Waals surface area contributed by atoms with Gasteiger partial charge in [0.15, 0.2) is 0 Å². The Bertz CT molecular complexity index is 388. The highest BCUT2D eigenvalue weighted by Crippen LogP contribution is 2.11. The van der Waals surface area contributed by atoms with Crippen LogP contribution >= 0.6 is 0 Å². The van der Waals surface area contributed by atoms with Crippen molar-refractivity contribution in [1.29, 1.82) is 0 Å². The van der Waals surface area contributed by atoms with Crippen molar-refractivity contribution in [2.75, 3.05) is 7.11 Å². The van der Waals surface area contributed by atoms with Crippen molar-refractivity contribution < 1.29 is 9.53 Å². The van der Waals surface area contributed by atoms with Gasteiger partial charge in [0.25, 0.3) is 0 Å². The summed E-state index contributed by atoms with van der Waals surface area (Å²) in [7, 11) is 1.57. The maximum absolute atomic E-state index is 10.0. The third kappa shape index (κ3) is 2.60. The fraction of sp³-hybridized carbons (Fsp3) is 0.273. The summed E-state index contributed by atoms with van der Waals surface area (Å²) in [6, 6.07) is 1.81. The van der Waals surface area contributed by atoms with E-state index in [9.17, 15) is 4.79 Å². The van der Waals surface area contributed by atoms with E-state index in [0.29, 0.717) is 5.88 Å². The Kier molecular flexibility index (Phi) is 3.69. The fourth-order valence-electron chi connectivity index (χ4n) is 0.961. The van der Waals surface area contributed by atoms with E-state index in [0.717, 1.165) is 17.4 Å². The number of aryl methyl sites for hydroxylation is 1. The lowest BCUT2D eigenvalue weighted by atomic mass is 10.1. The first kappa shape index (κ1) is 10.3. The molecule has 1 rings (SSSR count). The lowest BCUT2D eigenvalue weighted by Crippen LogP contribution is -1.90. The molecule has 0 saturated carbocycles. The summed E-state index contributed by atoms with van der Waals surface area (Å²) >= 11 is 0. The van der Waals surface area contributed by atoms with Gasteiger partial charge in [0.2, 0.25) is 5.88 Å². The molecule has 0 radical (unpaired) electrons. The van der Waals surface area contributed by atoms with E-state index in [-0.39, 0.29) is 6.42 Å². The van der Waals surface area contributed by atoms with Gasteiger partial charge in [-0.2, -0.15) is 0 Å².